The second-order valence-electron chi connectivity index (χ2n) is 3.90. The van der Waals surface area contributed by atoms with Gasteiger partial charge in [-0.1, -0.05) is 11.6 Å². The number of hydrogen-bond acceptors (Lipinski definition) is 4. The molecule has 0 atom stereocenters. The first-order valence-corrected chi connectivity index (χ1v) is 5.48. The summed E-state index contributed by atoms with van der Waals surface area (Å²) in [4.78, 5) is 27.1. The molecule has 0 bridgehead atoms. The van der Waals surface area contributed by atoms with Crippen LogP contribution < -0.4 is 5.32 Å². The van der Waals surface area contributed by atoms with Crippen molar-refractivity contribution in [3.05, 3.63) is 29.0 Å². The third-order valence-corrected chi connectivity index (χ3v) is 2.89. The molecule has 17 heavy (non-hydrogen) atoms. The van der Waals surface area contributed by atoms with Crippen LogP contribution in [-0.4, -0.2) is 29.5 Å². The molecule has 0 aromatic carbocycles. The van der Waals surface area contributed by atoms with E-state index in [9.17, 15) is 9.59 Å². The minimum absolute atomic E-state index is 0.315. The van der Waals surface area contributed by atoms with Crippen LogP contribution in [0.1, 0.15) is 23.2 Å². The van der Waals surface area contributed by atoms with E-state index in [1.54, 1.807) is 6.07 Å². The van der Waals surface area contributed by atoms with Gasteiger partial charge in [-0.2, -0.15) is 0 Å². The third kappa shape index (κ3) is 2.39. The Balaban J connectivity index is 2.07. The Labute approximate surface area is 103 Å². The van der Waals surface area contributed by atoms with Crippen molar-refractivity contribution in [3.63, 3.8) is 0 Å². The van der Waals surface area contributed by atoms with Gasteiger partial charge in [0.25, 0.3) is 5.91 Å². The highest BCUT2D eigenvalue weighted by Gasteiger charge is 2.52. The number of aromatic nitrogens is 1. The second kappa shape index (κ2) is 4.33. The van der Waals surface area contributed by atoms with E-state index in [-0.39, 0.29) is 5.91 Å². The second-order valence-corrected chi connectivity index (χ2v) is 4.28. The molecule has 0 aliphatic heterocycles. The number of methoxy groups -OCH3 is 1. The number of pyridine rings is 1. The molecule has 1 aromatic heterocycles. The number of rotatable bonds is 3. The van der Waals surface area contributed by atoms with Gasteiger partial charge in [-0.15, -0.1) is 0 Å². The van der Waals surface area contributed by atoms with Crippen molar-refractivity contribution >= 4 is 23.5 Å². The van der Waals surface area contributed by atoms with Gasteiger partial charge in [0.05, 0.1) is 12.7 Å². The Hall–Kier alpha value is -1.62. The average Bonchev–Trinajstić information content (AvgIpc) is 3.09. The normalized spacial score (nSPS) is 16.1. The molecule has 6 heteroatoms. The van der Waals surface area contributed by atoms with Crippen molar-refractivity contribution in [1.29, 1.82) is 0 Å². The maximum Gasteiger partial charge on any atom is 0.331 e. The van der Waals surface area contributed by atoms with Crippen LogP contribution >= 0.6 is 11.6 Å². The van der Waals surface area contributed by atoms with Crippen molar-refractivity contribution in [1.82, 2.24) is 10.3 Å². The third-order valence-electron chi connectivity index (χ3n) is 2.67. The van der Waals surface area contributed by atoms with Crippen LogP contribution in [0.5, 0.6) is 0 Å². The van der Waals surface area contributed by atoms with E-state index in [1.807, 2.05) is 0 Å². The predicted molar refractivity (Wildman–Crippen MR) is 60.7 cm³/mol. The maximum atomic E-state index is 11.8. The van der Waals surface area contributed by atoms with Crippen LogP contribution in [0.3, 0.4) is 0 Å². The minimum Gasteiger partial charge on any atom is -0.467 e. The molecule has 0 saturated heterocycles. The Morgan fingerprint density at radius 1 is 1.47 bits per heavy atom. The zero-order valence-corrected chi connectivity index (χ0v) is 9.95. The summed E-state index contributed by atoms with van der Waals surface area (Å²) in [6.45, 7) is 0. The summed E-state index contributed by atoms with van der Waals surface area (Å²) in [5, 5.41) is 2.97. The van der Waals surface area contributed by atoms with E-state index in [4.69, 9.17) is 11.6 Å². The van der Waals surface area contributed by atoms with Gasteiger partial charge in [-0.25, -0.2) is 9.78 Å². The quantitative estimate of drug-likeness (QED) is 0.649. The summed E-state index contributed by atoms with van der Waals surface area (Å²) in [5.41, 5.74) is -0.476. The molecule has 1 amide bonds. The number of halogens is 1. The zero-order chi connectivity index (χ0) is 12.5. The topological polar surface area (TPSA) is 68.3 Å². The SMILES string of the molecule is COC(=O)C1(NC(=O)c2ccc(Cl)nc2)CC1. The zero-order valence-electron chi connectivity index (χ0n) is 9.20. The van der Waals surface area contributed by atoms with Gasteiger partial charge in [0.15, 0.2) is 0 Å². The van der Waals surface area contributed by atoms with E-state index < -0.39 is 11.5 Å². The minimum atomic E-state index is -0.842. The summed E-state index contributed by atoms with van der Waals surface area (Å²) < 4.78 is 4.64. The van der Waals surface area contributed by atoms with Crippen LogP contribution in [0.2, 0.25) is 5.15 Å². The number of hydrogen-bond donors (Lipinski definition) is 1. The number of carbonyl (C=O) groups is 2. The summed E-state index contributed by atoms with van der Waals surface area (Å²) >= 11 is 5.62. The molecule has 1 aliphatic rings. The lowest BCUT2D eigenvalue weighted by Gasteiger charge is -2.14. The first kappa shape index (κ1) is 11.9. The van der Waals surface area contributed by atoms with Crippen molar-refractivity contribution < 1.29 is 14.3 Å². The molecule has 1 saturated carbocycles. The first-order valence-electron chi connectivity index (χ1n) is 5.10. The largest absolute Gasteiger partial charge is 0.467 e. The van der Waals surface area contributed by atoms with Crippen LogP contribution in [0, 0.1) is 0 Å². The molecule has 1 aromatic rings. The number of carbonyl (C=O) groups excluding carboxylic acids is 2. The van der Waals surface area contributed by atoms with E-state index in [1.165, 1.54) is 19.4 Å². The molecule has 90 valence electrons. The summed E-state index contributed by atoms with van der Waals surface area (Å²) in [5.74, 6) is -0.759. The Bertz CT molecular complexity index is 454. The molecular formula is C11H11ClN2O3. The number of esters is 1. The number of ether oxygens (including phenoxy) is 1. The van der Waals surface area contributed by atoms with Gasteiger partial charge >= 0.3 is 5.97 Å². The van der Waals surface area contributed by atoms with Crippen molar-refractivity contribution in [3.8, 4) is 0 Å². The Kier molecular flexibility index (Phi) is 3.02. The van der Waals surface area contributed by atoms with Gasteiger partial charge in [0.1, 0.15) is 10.7 Å². The Morgan fingerprint density at radius 3 is 2.65 bits per heavy atom. The molecule has 5 nitrogen and oxygen atoms in total. The highest BCUT2D eigenvalue weighted by molar-refractivity contribution is 6.29. The molecular weight excluding hydrogens is 244 g/mol. The molecule has 0 unspecified atom stereocenters. The maximum absolute atomic E-state index is 11.8. The van der Waals surface area contributed by atoms with Gasteiger partial charge in [-0.05, 0) is 25.0 Å². The van der Waals surface area contributed by atoms with Crippen molar-refractivity contribution in [2.75, 3.05) is 7.11 Å². The van der Waals surface area contributed by atoms with E-state index >= 15 is 0 Å². The smallest absolute Gasteiger partial charge is 0.331 e. The van der Waals surface area contributed by atoms with E-state index in [0.717, 1.165) is 0 Å². The van der Waals surface area contributed by atoms with Gasteiger partial charge in [0, 0.05) is 6.20 Å². The van der Waals surface area contributed by atoms with Gasteiger partial charge in [-0.3, -0.25) is 4.79 Å². The van der Waals surface area contributed by atoms with Crippen LogP contribution in [0.15, 0.2) is 18.3 Å². The van der Waals surface area contributed by atoms with E-state index in [0.29, 0.717) is 23.6 Å². The molecule has 1 fully saturated rings. The highest BCUT2D eigenvalue weighted by Crippen LogP contribution is 2.36. The van der Waals surface area contributed by atoms with Crippen LogP contribution in [-0.2, 0) is 9.53 Å². The molecule has 1 aliphatic carbocycles. The fraction of sp³-hybridized carbons (Fsp3) is 0.364. The monoisotopic (exact) mass is 254 g/mol. The van der Waals surface area contributed by atoms with Crippen LogP contribution in [0.4, 0.5) is 0 Å². The fourth-order valence-corrected chi connectivity index (χ4v) is 1.61. The van der Waals surface area contributed by atoms with E-state index in [2.05, 4.69) is 15.0 Å². The predicted octanol–water partition coefficient (Wildman–Crippen LogP) is 1.17. The van der Waals surface area contributed by atoms with Crippen LogP contribution in [0.25, 0.3) is 0 Å². The van der Waals surface area contributed by atoms with Gasteiger partial charge in [0.2, 0.25) is 0 Å². The molecule has 2 rings (SSSR count). The lowest BCUT2D eigenvalue weighted by molar-refractivity contribution is -0.144. The molecule has 1 N–H and O–H groups in total. The molecule has 0 radical (unpaired) electrons. The molecule has 0 spiro atoms. The Morgan fingerprint density at radius 2 is 2.18 bits per heavy atom. The lowest BCUT2D eigenvalue weighted by Crippen LogP contribution is -2.43. The fourth-order valence-electron chi connectivity index (χ4n) is 1.50. The number of nitrogens with one attached hydrogen (secondary N) is 1. The number of nitrogens with zero attached hydrogens (tertiary/aromatic N) is 1. The lowest BCUT2D eigenvalue weighted by atomic mass is 10.2. The highest BCUT2D eigenvalue weighted by atomic mass is 35.5. The first-order chi connectivity index (χ1) is 8.07. The average molecular weight is 255 g/mol. The summed E-state index contributed by atoms with van der Waals surface area (Å²) in [7, 11) is 1.30. The van der Waals surface area contributed by atoms with Crippen molar-refractivity contribution in [2.24, 2.45) is 0 Å². The summed E-state index contributed by atoms with van der Waals surface area (Å²) in [6, 6.07) is 3.08. The molecule has 1 heterocycles. The standard InChI is InChI=1S/C11H11ClN2O3/c1-17-10(16)11(4-5-11)14-9(15)7-2-3-8(12)13-6-7/h2-3,6H,4-5H2,1H3,(H,14,15). The number of amides is 1. The van der Waals surface area contributed by atoms with Crippen molar-refractivity contribution in [2.45, 2.75) is 18.4 Å². The summed E-state index contributed by atoms with van der Waals surface area (Å²) in [6.07, 6.45) is 2.57. The van der Waals surface area contributed by atoms with Gasteiger partial charge < -0.3 is 10.1 Å².